The summed E-state index contributed by atoms with van der Waals surface area (Å²) < 4.78 is 34.1. The van der Waals surface area contributed by atoms with Crippen molar-refractivity contribution in [1.82, 2.24) is 4.90 Å². The standard InChI is InChI=1S/C31H54NO6PS/c1-4-5-6-7-8-9-10-11-12-13-14-15-16-17-21-36-25-31(35-3)26-37-39(33,34)38-30-20-18-19-29(22-30)24-32-23-28(2)40-27-32/h18-20,22-23,31H,4-17,21,24-27H2,1-3H3,(H,33,34). The van der Waals surface area contributed by atoms with E-state index in [9.17, 15) is 9.46 Å². The maximum Gasteiger partial charge on any atom is 0.527 e. The Labute approximate surface area is 248 Å². The number of ether oxygens (including phenoxy) is 2. The Morgan fingerprint density at radius 2 is 1.57 bits per heavy atom. The first-order chi connectivity index (χ1) is 19.4. The Bertz CT molecular complexity index is 870. The minimum Gasteiger partial charge on any atom is -0.404 e. The number of hydrogen-bond acceptors (Lipinski definition) is 7. The fraction of sp³-hybridized carbons (Fsp3) is 0.742. The first-order valence-electron chi connectivity index (χ1n) is 15.3. The summed E-state index contributed by atoms with van der Waals surface area (Å²) in [4.78, 5) is 13.7. The molecule has 0 amide bonds. The van der Waals surface area contributed by atoms with Crippen LogP contribution in [0.1, 0.15) is 109 Å². The van der Waals surface area contributed by atoms with Crippen LogP contribution in [0.2, 0.25) is 0 Å². The first kappa shape index (κ1) is 35.2. The van der Waals surface area contributed by atoms with Crippen LogP contribution in [-0.2, 0) is 25.1 Å². The molecule has 1 aromatic carbocycles. The highest BCUT2D eigenvalue weighted by Crippen LogP contribution is 2.44. The van der Waals surface area contributed by atoms with E-state index in [2.05, 4.69) is 24.9 Å². The van der Waals surface area contributed by atoms with Crippen molar-refractivity contribution in [2.75, 3.05) is 32.8 Å². The fourth-order valence-electron chi connectivity index (χ4n) is 4.68. The number of nitrogens with zero attached hydrogens (tertiary/aromatic N) is 1. The molecule has 0 fully saturated rings. The zero-order valence-electron chi connectivity index (χ0n) is 25.2. The van der Waals surface area contributed by atoms with E-state index in [0.717, 1.165) is 24.3 Å². The average molecular weight is 600 g/mol. The number of methoxy groups -OCH3 is 1. The molecule has 1 heterocycles. The van der Waals surface area contributed by atoms with Gasteiger partial charge in [0.2, 0.25) is 0 Å². The lowest BCUT2D eigenvalue weighted by Crippen LogP contribution is -2.24. The molecule has 40 heavy (non-hydrogen) atoms. The van der Waals surface area contributed by atoms with E-state index in [4.69, 9.17) is 18.5 Å². The lowest BCUT2D eigenvalue weighted by Gasteiger charge is -2.19. The Kier molecular flexibility index (Phi) is 19.0. The van der Waals surface area contributed by atoms with Crippen LogP contribution in [0.5, 0.6) is 5.75 Å². The van der Waals surface area contributed by atoms with E-state index < -0.39 is 13.9 Å². The molecule has 2 unspecified atom stereocenters. The van der Waals surface area contributed by atoms with Gasteiger partial charge in [0.15, 0.2) is 0 Å². The molecule has 2 rings (SSSR count). The summed E-state index contributed by atoms with van der Waals surface area (Å²) in [6, 6.07) is 7.21. The molecular weight excluding hydrogens is 545 g/mol. The monoisotopic (exact) mass is 599 g/mol. The van der Waals surface area contributed by atoms with Crippen LogP contribution in [0.15, 0.2) is 35.4 Å². The quantitative estimate of drug-likeness (QED) is 0.0881. The Hall–Kier alpha value is -1.02. The van der Waals surface area contributed by atoms with Gasteiger partial charge in [-0.2, -0.15) is 0 Å². The van der Waals surface area contributed by atoms with E-state index >= 15 is 0 Å². The number of thioether (sulfide) groups is 1. The first-order valence-corrected chi connectivity index (χ1v) is 17.8. The average Bonchev–Trinajstić information content (AvgIpc) is 3.34. The van der Waals surface area contributed by atoms with Gasteiger partial charge in [-0.05, 0) is 35.9 Å². The third-order valence-electron chi connectivity index (χ3n) is 7.03. The maximum atomic E-state index is 12.5. The maximum absolute atomic E-state index is 12.5. The van der Waals surface area contributed by atoms with Crippen molar-refractivity contribution >= 4 is 19.6 Å². The smallest absolute Gasteiger partial charge is 0.404 e. The van der Waals surface area contributed by atoms with E-state index in [-0.39, 0.29) is 6.61 Å². The summed E-state index contributed by atoms with van der Waals surface area (Å²) in [6.07, 6.45) is 20.2. The second kappa shape index (κ2) is 21.6. The van der Waals surface area contributed by atoms with Gasteiger partial charge in [0.25, 0.3) is 0 Å². The van der Waals surface area contributed by atoms with Crippen LogP contribution in [-0.4, -0.2) is 48.7 Å². The molecule has 9 heteroatoms. The van der Waals surface area contributed by atoms with Gasteiger partial charge in [-0.1, -0.05) is 103 Å². The van der Waals surface area contributed by atoms with Crippen molar-refractivity contribution in [2.24, 2.45) is 0 Å². The predicted molar refractivity (Wildman–Crippen MR) is 167 cm³/mol. The van der Waals surface area contributed by atoms with Gasteiger partial charge in [0, 0.05) is 26.5 Å². The highest BCUT2D eigenvalue weighted by molar-refractivity contribution is 8.03. The number of phosphoric acid groups is 1. The van der Waals surface area contributed by atoms with Gasteiger partial charge in [-0.3, -0.25) is 9.42 Å². The molecule has 0 saturated carbocycles. The van der Waals surface area contributed by atoms with Crippen LogP contribution in [0.25, 0.3) is 0 Å². The molecule has 0 spiro atoms. The Morgan fingerprint density at radius 3 is 2.15 bits per heavy atom. The second-order valence-corrected chi connectivity index (χ2v) is 13.4. The Balaban J connectivity index is 1.49. The van der Waals surface area contributed by atoms with E-state index in [1.807, 2.05) is 12.1 Å². The zero-order valence-corrected chi connectivity index (χ0v) is 26.9. The van der Waals surface area contributed by atoms with Crippen molar-refractivity contribution < 1.29 is 28.0 Å². The molecule has 1 aromatic rings. The van der Waals surface area contributed by atoms with Crippen LogP contribution >= 0.6 is 19.6 Å². The van der Waals surface area contributed by atoms with Crippen molar-refractivity contribution in [1.29, 1.82) is 0 Å². The van der Waals surface area contributed by atoms with Gasteiger partial charge < -0.3 is 18.9 Å². The molecule has 0 radical (unpaired) electrons. The van der Waals surface area contributed by atoms with Gasteiger partial charge in [-0.15, -0.1) is 11.8 Å². The molecule has 2 atom stereocenters. The molecule has 0 saturated heterocycles. The second-order valence-electron chi connectivity index (χ2n) is 10.8. The molecule has 0 aliphatic carbocycles. The normalized spacial score (nSPS) is 15.7. The molecule has 0 aromatic heterocycles. The third kappa shape index (κ3) is 17.1. The fourth-order valence-corrected chi connectivity index (χ4v) is 6.22. The summed E-state index contributed by atoms with van der Waals surface area (Å²) in [5.41, 5.74) is 0.996. The molecule has 1 aliphatic rings. The molecule has 1 aliphatic heterocycles. The molecule has 230 valence electrons. The molecule has 7 nitrogen and oxygen atoms in total. The highest BCUT2D eigenvalue weighted by atomic mass is 32.2. The summed E-state index contributed by atoms with van der Waals surface area (Å²) in [5.74, 6) is 1.21. The van der Waals surface area contributed by atoms with E-state index in [1.54, 1.807) is 31.0 Å². The third-order valence-corrected chi connectivity index (χ3v) is 8.97. The SMILES string of the molecule is CCCCCCCCCCCCCCCCOCC(COP(=O)(O)Oc1cccc(CN2C=C(C)SC2)c1)OC. The number of hydrogen-bond donors (Lipinski definition) is 1. The summed E-state index contributed by atoms with van der Waals surface area (Å²) in [5, 5.41) is 0. The molecule has 0 bridgehead atoms. The summed E-state index contributed by atoms with van der Waals surface area (Å²) in [7, 11) is -2.74. The summed E-state index contributed by atoms with van der Waals surface area (Å²) >= 11 is 1.80. The van der Waals surface area contributed by atoms with Crippen molar-refractivity contribution in [2.45, 2.75) is 116 Å². The van der Waals surface area contributed by atoms with Gasteiger partial charge >= 0.3 is 7.82 Å². The van der Waals surface area contributed by atoms with Crippen molar-refractivity contribution in [3.8, 4) is 5.75 Å². The minimum absolute atomic E-state index is 0.0855. The lowest BCUT2D eigenvalue weighted by atomic mass is 10.0. The zero-order chi connectivity index (χ0) is 28.9. The van der Waals surface area contributed by atoms with E-state index in [0.29, 0.717) is 25.5 Å². The predicted octanol–water partition coefficient (Wildman–Crippen LogP) is 9.06. The Morgan fingerprint density at radius 1 is 0.950 bits per heavy atom. The number of rotatable bonds is 25. The van der Waals surface area contributed by atoms with Gasteiger partial charge in [0.05, 0.1) is 19.1 Å². The molecular formula is C31H54NO6PS. The highest BCUT2D eigenvalue weighted by Gasteiger charge is 2.25. The number of unbranched alkanes of at least 4 members (excludes halogenated alkanes) is 13. The molecule has 1 N–H and O–H groups in total. The lowest BCUT2D eigenvalue weighted by molar-refractivity contribution is -0.0197. The van der Waals surface area contributed by atoms with Crippen LogP contribution in [0.3, 0.4) is 0 Å². The topological polar surface area (TPSA) is 77.5 Å². The van der Waals surface area contributed by atoms with Crippen molar-refractivity contribution in [3.63, 3.8) is 0 Å². The van der Waals surface area contributed by atoms with Gasteiger partial charge in [0.1, 0.15) is 11.9 Å². The minimum atomic E-state index is -4.29. The number of benzene rings is 1. The number of phosphoric ester groups is 1. The van der Waals surface area contributed by atoms with Crippen LogP contribution in [0.4, 0.5) is 0 Å². The van der Waals surface area contributed by atoms with Crippen LogP contribution in [0, 0.1) is 0 Å². The van der Waals surface area contributed by atoms with Crippen LogP contribution < -0.4 is 4.52 Å². The summed E-state index contributed by atoms with van der Waals surface area (Å²) in [6.45, 7) is 5.94. The number of allylic oxidation sites excluding steroid dienone is 1. The van der Waals surface area contributed by atoms with Gasteiger partial charge in [-0.25, -0.2) is 4.57 Å². The van der Waals surface area contributed by atoms with Crippen molar-refractivity contribution in [3.05, 3.63) is 40.9 Å². The largest absolute Gasteiger partial charge is 0.527 e. The van der Waals surface area contributed by atoms with E-state index in [1.165, 1.54) is 82.0 Å².